The summed E-state index contributed by atoms with van der Waals surface area (Å²) in [6.07, 6.45) is 6.33. The minimum atomic E-state index is -10.7. The van der Waals surface area contributed by atoms with Crippen molar-refractivity contribution in [2.24, 2.45) is 7.05 Å². The van der Waals surface area contributed by atoms with E-state index in [1.165, 1.54) is 10.6 Å². The molecule has 0 radical (unpaired) electrons. The molecule has 0 N–H and O–H groups in total. The van der Waals surface area contributed by atoms with E-state index in [1.54, 1.807) is 0 Å². The zero-order valence-corrected chi connectivity index (χ0v) is 18.0. The number of nitrogens with zero attached hydrogens (tertiary/aromatic N) is 2. The van der Waals surface area contributed by atoms with Crippen molar-refractivity contribution in [3.05, 3.63) is 79.4 Å². The van der Waals surface area contributed by atoms with Crippen LogP contribution in [0.2, 0.25) is 0 Å². The van der Waals surface area contributed by atoms with Gasteiger partial charge < -0.3 is 4.52 Å². The Kier molecular flexibility index (Phi) is 7.02. The molecule has 0 spiro atoms. The maximum atomic E-state index is 9.87. The summed E-state index contributed by atoms with van der Waals surface area (Å²) in [5.41, 5.74) is 0. The molecule has 1 unspecified atom stereocenters. The quantitative estimate of drug-likeness (QED) is 0.240. The number of aryl methyl sites for hydroxylation is 1. The second-order valence-corrected chi connectivity index (χ2v) is 10.4. The van der Waals surface area contributed by atoms with Crippen molar-refractivity contribution >= 4 is 26.6 Å². The molecule has 2 aromatic carbocycles. The fourth-order valence-corrected chi connectivity index (χ4v) is 4.37. The van der Waals surface area contributed by atoms with Crippen LogP contribution >= 0.6 is 16.0 Å². The van der Waals surface area contributed by atoms with Crippen LogP contribution in [-0.4, -0.2) is 10.7 Å². The molecule has 0 bridgehead atoms. The van der Waals surface area contributed by atoms with Gasteiger partial charge in [0.1, 0.15) is 18.9 Å². The van der Waals surface area contributed by atoms with Crippen LogP contribution in [0.15, 0.2) is 79.4 Å². The standard InChI is InChI=1S/C19H22N2OP.F6P/c1-17(15-21-14-13-20(2)16-21)22-23(18-9-5-3-6-10-18)19-11-7-4-8-12-19;1-7(2,3,4,5)6/h3-14,16-17H,15H2,1-2H3;/q+1;-1. The Balaban J connectivity index is 0.000000396. The molecule has 0 saturated heterocycles. The Bertz CT molecular complexity index is 883. The van der Waals surface area contributed by atoms with Gasteiger partial charge in [0.25, 0.3) is 0 Å². The van der Waals surface area contributed by atoms with Gasteiger partial charge in [-0.25, -0.2) is 9.13 Å². The van der Waals surface area contributed by atoms with Crippen molar-refractivity contribution in [1.82, 2.24) is 4.57 Å². The van der Waals surface area contributed by atoms with Gasteiger partial charge >= 0.3 is 33.0 Å². The van der Waals surface area contributed by atoms with Gasteiger partial charge in [0.05, 0.1) is 21.3 Å². The molecule has 0 fully saturated rings. The van der Waals surface area contributed by atoms with Gasteiger partial charge in [-0.1, -0.05) is 60.7 Å². The van der Waals surface area contributed by atoms with E-state index in [0.29, 0.717) is 0 Å². The Labute approximate surface area is 172 Å². The zero-order chi connectivity index (χ0) is 22.5. The number of hydrogen-bond acceptors (Lipinski definition) is 1. The van der Waals surface area contributed by atoms with E-state index in [-0.39, 0.29) is 6.10 Å². The normalized spacial score (nSPS) is 15.0. The second-order valence-electron chi connectivity index (χ2n) is 6.62. The SMILES string of the molecule is CC(Cn1cc[n+](C)c1)OP(c1ccccc1)c1ccccc1.F[P-](F)(F)(F)(F)F. The van der Waals surface area contributed by atoms with Gasteiger partial charge in [0.2, 0.25) is 6.33 Å². The molecular formula is C19H22F6N2OP2. The predicted molar refractivity (Wildman–Crippen MR) is 109 cm³/mol. The van der Waals surface area contributed by atoms with Gasteiger partial charge in [0.15, 0.2) is 0 Å². The fourth-order valence-electron chi connectivity index (χ4n) is 2.52. The number of rotatable bonds is 6. The van der Waals surface area contributed by atoms with Crippen LogP contribution < -0.4 is 15.2 Å². The average Bonchev–Trinajstić information content (AvgIpc) is 3.03. The molecule has 1 heterocycles. The summed E-state index contributed by atoms with van der Waals surface area (Å²) in [7, 11) is -9.43. The molecule has 11 heteroatoms. The molecule has 3 aromatic rings. The first kappa shape index (κ1) is 24.3. The molecule has 1 aromatic heterocycles. The molecule has 3 rings (SSSR count). The first-order valence-corrected chi connectivity index (χ1v) is 12.1. The van der Waals surface area contributed by atoms with Gasteiger partial charge in [0, 0.05) is 10.6 Å². The third-order valence-electron chi connectivity index (χ3n) is 3.56. The average molecular weight is 470 g/mol. The van der Waals surface area contributed by atoms with Crippen LogP contribution in [0.3, 0.4) is 0 Å². The maximum absolute atomic E-state index is 10.7. The van der Waals surface area contributed by atoms with Gasteiger partial charge in [-0.2, -0.15) is 0 Å². The van der Waals surface area contributed by atoms with Crippen LogP contribution in [0.25, 0.3) is 0 Å². The Morgan fingerprint density at radius 2 is 1.33 bits per heavy atom. The number of aromatic nitrogens is 2. The number of hydrogen-bond donors (Lipinski definition) is 0. The third-order valence-corrected chi connectivity index (χ3v) is 5.66. The summed E-state index contributed by atoms with van der Waals surface area (Å²) < 4.78 is 69.9. The van der Waals surface area contributed by atoms with Crippen molar-refractivity contribution in [3.63, 3.8) is 0 Å². The fraction of sp³-hybridized carbons (Fsp3) is 0.211. The topological polar surface area (TPSA) is 18.0 Å². The van der Waals surface area contributed by atoms with Gasteiger partial charge in [-0.3, -0.25) is 0 Å². The summed E-state index contributed by atoms with van der Waals surface area (Å²) in [6.45, 7) is 2.99. The summed E-state index contributed by atoms with van der Waals surface area (Å²) >= 11 is 0. The molecule has 0 aliphatic carbocycles. The van der Waals surface area contributed by atoms with Gasteiger partial charge in [-0.15, -0.1) is 0 Å². The molecule has 0 aliphatic rings. The second kappa shape index (κ2) is 8.66. The molecule has 1 atom stereocenters. The Hall–Kier alpha value is -1.95. The van der Waals surface area contributed by atoms with E-state index in [0.717, 1.165) is 6.54 Å². The van der Waals surface area contributed by atoms with E-state index in [2.05, 4.69) is 72.5 Å². The molecule has 0 amide bonds. The Morgan fingerprint density at radius 3 is 1.70 bits per heavy atom. The van der Waals surface area contributed by atoms with E-state index >= 15 is 0 Å². The first-order valence-electron chi connectivity index (χ1n) is 8.82. The first-order chi connectivity index (χ1) is 13.7. The third kappa shape index (κ3) is 10.7. The van der Waals surface area contributed by atoms with Crippen molar-refractivity contribution in [3.8, 4) is 0 Å². The molecule has 30 heavy (non-hydrogen) atoms. The number of halogens is 6. The minimum absolute atomic E-state index is 0.133. The predicted octanol–water partition coefficient (Wildman–Crippen LogP) is 6.15. The van der Waals surface area contributed by atoms with Crippen molar-refractivity contribution < 1.29 is 34.3 Å². The summed E-state index contributed by atoms with van der Waals surface area (Å²) in [5.74, 6) is 0. The zero-order valence-electron chi connectivity index (χ0n) is 16.3. The van der Waals surface area contributed by atoms with E-state index in [4.69, 9.17) is 4.52 Å². The monoisotopic (exact) mass is 470 g/mol. The summed E-state index contributed by atoms with van der Waals surface area (Å²) in [6, 6.07) is 21.0. The van der Waals surface area contributed by atoms with E-state index in [1.807, 2.05) is 29.9 Å². The molecule has 166 valence electrons. The summed E-state index contributed by atoms with van der Waals surface area (Å²) in [5, 5.41) is 2.50. The van der Waals surface area contributed by atoms with Crippen molar-refractivity contribution in [2.45, 2.75) is 19.6 Å². The van der Waals surface area contributed by atoms with Crippen LogP contribution in [-0.2, 0) is 18.1 Å². The van der Waals surface area contributed by atoms with Crippen LogP contribution in [0.5, 0.6) is 0 Å². The van der Waals surface area contributed by atoms with Crippen LogP contribution in [0.4, 0.5) is 25.2 Å². The molecule has 3 nitrogen and oxygen atoms in total. The van der Waals surface area contributed by atoms with E-state index in [9.17, 15) is 25.2 Å². The summed E-state index contributed by atoms with van der Waals surface area (Å²) in [4.78, 5) is 0. The van der Waals surface area contributed by atoms with Crippen LogP contribution in [0.1, 0.15) is 6.92 Å². The number of imidazole rings is 1. The van der Waals surface area contributed by atoms with Crippen molar-refractivity contribution in [1.29, 1.82) is 0 Å². The van der Waals surface area contributed by atoms with Crippen molar-refractivity contribution in [2.75, 3.05) is 0 Å². The molecular weight excluding hydrogens is 448 g/mol. The van der Waals surface area contributed by atoms with E-state index < -0.39 is 16.0 Å². The van der Waals surface area contributed by atoms with Gasteiger partial charge in [-0.05, 0) is 6.92 Å². The molecule has 0 saturated carbocycles. The van der Waals surface area contributed by atoms with Crippen LogP contribution in [0, 0.1) is 0 Å². The molecule has 0 aliphatic heterocycles. The Morgan fingerprint density at radius 1 is 0.900 bits per heavy atom. The number of benzene rings is 2.